The highest BCUT2D eigenvalue weighted by Gasteiger charge is 2.27. The fraction of sp³-hybridized carbons (Fsp3) is 0.0526. The van der Waals surface area contributed by atoms with Gasteiger partial charge in [-0.1, -0.05) is 24.3 Å². The number of amides is 4. The molecule has 3 N–H and O–H groups in total. The number of barbiturate groups is 1. The summed E-state index contributed by atoms with van der Waals surface area (Å²) >= 11 is 0. The molecule has 0 radical (unpaired) electrons. The molecule has 1 aliphatic heterocycles. The number of hydrogen-bond acceptors (Lipinski definition) is 5. The number of carboxylic acids is 1. The van der Waals surface area contributed by atoms with Crippen LogP contribution in [0.4, 0.5) is 4.79 Å². The van der Waals surface area contributed by atoms with Crippen molar-refractivity contribution in [3.63, 3.8) is 0 Å². The molecule has 136 valence electrons. The van der Waals surface area contributed by atoms with Crippen molar-refractivity contribution in [1.29, 1.82) is 0 Å². The topological polar surface area (TPSA) is 122 Å². The van der Waals surface area contributed by atoms with Gasteiger partial charge in [-0.2, -0.15) is 0 Å². The van der Waals surface area contributed by atoms with Crippen LogP contribution in [0.1, 0.15) is 21.5 Å². The van der Waals surface area contributed by atoms with E-state index in [1.165, 1.54) is 18.2 Å². The minimum atomic E-state index is -0.999. The average molecular weight is 366 g/mol. The lowest BCUT2D eigenvalue weighted by Gasteiger charge is -2.14. The zero-order valence-corrected chi connectivity index (χ0v) is 13.9. The van der Waals surface area contributed by atoms with Crippen molar-refractivity contribution in [3.05, 3.63) is 70.8 Å². The minimum absolute atomic E-state index is 0.184. The van der Waals surface area contributed by atoms with Crippen molar-refractivity contribution >= 4 is 29.9 Å². The third kappa shape index (κ3) is 4.37. The van der Waals surface area contributed by atoms with Crippen LogP contribution in [-0.2, 0) is 16.2 Å². The van der Waals surface area contributed by atoms with Gasteiger partial charge in [0.15, 0.2) is 0 Å². The van der Waals surface area contributed by atoms with E-state index in [0.29, 0.717) is 11.3 Å². The van der Waals surface area contributed by atoms with Crippen molar-refractivity contribution < 1.29 is 29.0 Å². The number of benzene rings is 2. The summed E-state index contributed by atoms with van der Waals surface area (Å²) in [6, 6.07) is 12.2. The van der Waals surface area contributed by atoms with Gasteiger partial charge in [0.05, 0.1) is 5.56 Å². The van der Waals surface area contributed by atoms with Crippen molar-refractivity contribution in [3.8, 4) is 5.75 Å². The quantitative estimate of drug-likeness (QED) is 0.547. The van der Waals surface area contributed by atoms with Crippen LogP contribution < -0.4 is 15.4 Å². The zero-order chi connectivity index (χ0) is 19.4. The molecule has 0 aliphatic carbocycles. The van der Waals surface area contributed by atoms with E-state index in [4.69, 9.17) is 9.84 Å². The third-order valence-corrected chi connectivity index (χ3v) is 3.72. The number of carbonyl (C=O) groups excluding carboxylic acids is 3. The second-order valence-electron chi connectivity index (χ2n) is 5.66. The SMILES string of the molecule is O=C1NC(=O)C(=Cc2cccc(OCc3ccc(C(=O)O)cc3)c2)C(=O)N1. The summed E-state index contributed by atoms with van der Waals surface area (Å²) in [7, 11) is 0. The van der Waals surface area contributed by atoms with Gasteiger partial charge in [-0.3, -0.25) is 20.2 Å². The monoisotopic (exact) mass is 366 g/mol. The Morgan fingerprint density at radius 1 is 1.00 bits per heavy atom. The molecular weight excluding hydrogens is 352 g/mol. The molecule has 2 aromatic carbocycles. The molecule has 0 spiro atoms. The number of imide groups is 2. The maximum atomic E-state index is 11.8. The molecule has 8 nitrogen and oxygen atoms in total. The highest BCUT2D eigenvalue weighted by Crippen LogP contribution is 2.18. The Labute approximate surface area is 153 Å². The number of aromatic carboxylic acids is 1. The summed E-state index contributed by atoms with van der Waals surface area (Å²) in [5.41, 5.74) is 1.34. The van der Waals surface area contributed by atoms with Crippen LogP contribution in [0.3, 0.4) is 0 Å². The second kappa shape index (κ2) is 7.52. The Bertz CT molecular complexity index is 940. The number of carbonyl (C=O) groups is 4. The summed E-state index contributed by atoms with van der Waals surface area (Å²) < 4.78 is 5.66. The average Bonchev–Trinajstić information content (AvgIpc) is 2.63. The van der Waals surface area contributed by atoms with Crippen LogP contribution in [0.25, 0.3) is 6.08 Å². The van der Waals surface area contributed by atoms with Gasteiger partial charge >= 0.3 is 12.0 Å². The van der Waals surface area contributed by atoms with E-state index in [-0.39, 0.29) is 17.7 Å². The van der Waals surface area contributed by atoms with E-state index in [2.05, 4.69) is 0 Å². The third-order valence-electron chi connectivity index (χ3n) is 3.72. The molecule has 0 saturated carbocycles. The summed E-state index contributed by atoms with van der Waals surface area (Å²) in [4.78, 5) is 45.4. The summed E-state index contributed by atoms with van der Waals surface area (Å²) in [6.45, 7) is 0.218. The van der Waals surface area contributed by atoms with Gasteiger partial charge in [-0.15, -0.1) is 0 Å². The summed E-state index contributed by atoms with van der Waals surface area (Å²) in [6.07, 6.45) is 1.35. The van der Waals surface area contributed by atoms with Crippen LogP contribution in [-0.4, -0.2) is 28.9 Å². The lowest BCUT2D eigenvalue weighted by atomic mass is 10.1. The maximum absolute atomic E-state index is 11.8. The second-order valence-corrected chi connectivity index (χ2v) is 5.66. The largest absolute Gasteiger partial charge is 0.489 e. The molecule has 2 aromatic rings. The van der Waals surface area contributed by atoms with Crippen molar-refractivity contribution in [2.75, 3.05) is 0 Å². The van der Waals surface area contributed by atoms with E-state index in [0.717, 1.165) is 5.56 Å². The normalized spacial score (nSPS) is 13.6. The van der Waals surface area contributed by atoms with Crippen LogP contribution in [0.2, 0.25) is 0 Å². The maximum Gasteiger partial charge on any atom is 0.335 e. The van der Waals surface area contributed by atoms with Gasteiger partial charge in [0.1, 0.15) is 17.9 Å². The van der Waals surface area contributed by atoms with E-state index in [1.54, 1.807) is 36.4 Å². The number of carboxylic acid groups (broad SMARTS) is 1. The molecule has 8 heteroatoms. The Balaban J connectivity index is 1.71. The first-order valence-corrected chi connectivity index (χ1v) is 7.86. The van der Waals surface area contributed by atoms with Gasteiger partial charge in [0, 0.05) is 0 Å². The van der Waals surface area contributed by atoms with Crippen molar-refractivity contribution in [2.45, 2.75) is 6.61 Å². The standard InChI is InChI=1S/C19H14N2O6/c22-16-15(17(23)21-19(26)20-16)9-12-2-1-3-14(8-12)27-10-11-4-6-13(7-5-11)18(24)25/h1-9H,10H2,(H,24,25)(H2,20,21,22,23,26). The molecule has 1 saturated heterocycles. The van der Waals surface area contributed by atoms with Gasteiger partial charge in [0.25, 0.3) is 11.8 Å². The highest BCUT2D eigenvalue weighted by atomic mass is 16.5. The first kappa shape index (κ1) is 17.9. The van der Waals surface area contributed by atoms with Gasteiger partial charge in [0.2, 0.25) is 0 Å². The van der Waals surface area contributed by atoms with Gasteiger partial charge in [-0.05, 0) is 41.5 Å². The van der Waals surface area contributed by atoms with Crippen molar-refractivity contribution in [2.24, 2.45) is 0 Å². The number of rotatable bonds is 5. The van der Waals surface area contributed by atoms with Crippen LogP contribution in [0.5, 0.6) is 5.75 Å². The first-order valence-electron chi connectivity index (χ1n) is 7.86. The number of hydrogen-bond donors (Lipinski definition) is 3. The molecule has 0 unspecified atom stereocenters. The number of urea groups is 1. The fourth-order valence-corrected chi connectivity index (χ4v) is 2.38. The molecule has 1 fully saturated rings. The lowest BCUT2D eigenvalue weighted by molar-refractivity contribution is -0.123. The van der Waals surface area contributed by atoms with Gasteiger partial charge in [-0.25, -0.2) is 9.59 Å². The Hall–Kier alpha value is -3.94. The van der Waals surface area contributed by atoms with Crippen LogP contribution in [0, 0.1) is 0 Å². The minimum Gasteiger partial charge on any atom is -0.489 e. The number of ether oxygens (including phenoxy) is 1. The van der Waals surface area contributed by atoms with E-state index < -0.39 is 23.8 Å². The Kier molecular flexibility index (Phi) is 4.98. The van der Waals surface area contributed by atoms with Gasteiger partial charge < -0.3 is 9.84 Å². The molecule has 3 rings (SSSR count). The molecular formula is C19H14N2O6. The van der Waals surface area contributed by atoms with Crippen molar-refractivity contribution in [1.82, 2.24) is 10.6 Å². The fourth-order valence-electron chi connectivity index (χ4n) is 2.38. The van der Waals surface area contributed by atoms with Crippen LogP contribution >= 0.6 is 0 Å². The van der Waals surface area contributed by atoms with E-state index in [1.807, 2.05) is 10.6 Å². The predicted octanol–water partition coefficient (Wildman–Crippen LogP) is 1.71. The Morgan fingerprint density at radius 2 is 1.67 bits per heavy atom. The van der Waals surface area contributed by atoms with E-state index in [9.17, 15) is 19.2 Å². The molecule has 27 heavy (non-hydrogen) atoms. The zero-order valence-electron chi connectivity index (χ0n) is 13.9. The lowest BCUT2D eigenvalue weighted by Crippen LogP contribution is -2.51. The predicted molar refractivity (Wildman–Crippen MR) is 93.8 cm³/mol. The first-order chi connectivity index (χ1) is 12.9. The smallest absolute Gasteiger partial charge is 0.335 e. The van der Waals surface area contributed by atoms with Crippen LogP contribution in [0.15, 0.2) is 54.1 Å². The molecule has 1 aliphatic rings. The molecule has 0 atom stereocenters. The molecule has 1 heterocycles. The summed E-state index contributed by atoms with van der Waals surface area (Å²) in [5.74, 6) is -2.04. The molecule has 0 aromatic heterocycles. The molecule has 4 amide bonds. The highest BCUT2D eigenvalue weighted by molar-refractivity contribution is 6.31. The molecule has 0 bridgehead atoms. The summed E-state index contributed by atoms with van der Waals surface area (Å²) in [5, 5.41) is 12.9. The Morgan fingerprint density at radius 3 is 2.30 bits per heavy atom. The number of nitrogens with one attached hydrogen (secondary N) is 2. The van der Waals surface area contributed by atoms with E-state index >= 15 is 0 Å².